The van der Waals surface area contributed by atoms with Crippen molar-refractivity contribution < 1.29 is 0 Å². The standard InChI is InChI=1S/S99/c1-67(2)69(5,6)71(9,10)73(13,14)75(17,18)77(21,22)79(25,26)81(29,30)83(33,34)85(37,38)87(41,42)89(45,46)91(49,50)93(53,54)95(57,58)97(61,62)99(65,66)98(63,64)96(59,60)94(55,56)92(51,52)90(47,48)88(43,44)86(39,40)84(35,36)82(31,32)80(27,28)78(23,24)76(19,20)74(15,16)72(11,12)70(7,8)68(3)4/q-2. The molecule has 0 nitrogen and oxygen atoms in total. The Balaban J connectivity index is 8.84. The van der Waals surface area contributed by atoms with Gasteiger partial charge in [-0.1, -0.05) is 55.2 Å². The summed E-state index contributed by atoms with van der Waals surface area (Å²) in [6.45, 7) is 0. The molecule has 0 N–H and O–H groups in total. The van der Waals surface area contributed by atoms with Gasteiger partial charge in [0.25, 0.3) is 0 Å². The van der Waals surface area contributed by atoms with Gasteiger partial charge in [-0.25, -0.2) is 44.8 Å². The molecule has 0 amide bonds. The van der Waals surface area contributed by atoms with Crippen LogP contribution in [0.5, 0.6) is 0 Å². The van der Waals surface area contributed by atoms with E-state index in [-0.39, 0.29) is 0 Å². The summed E-state index contributed by atoms with van der Waals surface area (Å²) >= 11 is 399. The maximum atomic E-state index is 6.23. The normalized spacial score (nSPS) is 16.9. The molecule has 0 atom stereocenters. The summed E-state index contributed by atoms with van der Waals surface area (Å²) in [7, 11) is -3.20. The Hall–Kier alpha value is 26.1. The molecular formula is S99-2. The molecule has 0 aromatic heterocycles. The van der Waals surface area contributed by atoms with Gasteiger partial charge >= 0.3 is 0 Å². The van der Waals surface area contributed by atoms with Crippen LogP contribution in [0.25, 0.3) is 0 Å². The summed E-state index contributed by atoms with van der Waals surface area (Å²) in [6.07, 6.45) is 0. The quantitative estimate of drug-likeness (QED) is 0.0644. The minimum absolute atomic E-state index is 1.60. The topological polar surface area (TPSA) is 0 Å². The number of hydrogen-bond donors (Lipinski definition) is 0. The fraction of sp³-hybridized carbons (Fsp3) is 0. The molecule has 596 valence electrons. The van der Waals surface area contributed by atoms with Gasteiger partial charge < -0.3 is 0 Å². The Morgan fingerprint density at radius 3 is 0.162 bits per heavy atom. The zero-order chi connectivity index (χ0) is 82.7. The lowest BCUT2D eigenvalue weighted by Gasteiger charge is -2.37. The van der Waals surface area contributed by atoms with Crippen molar-refractivity contribution in [2.45, 2.75) is 0 Å². The van der Waals surface area contributed by atoms with E-state index in [4.69, 9.17) is 738 Å². The number of rotatable bonds is 32. The van der Waals surface area contributed by atoms with E-state index in [1.54, 1.807) is 0 Å². The minimum Gasteiger partial charge on any atom is -0.271 e. The second-order valence-electron chi connectivity index (χ2n) is 13.1. The second kappa shape index (κ2) is 39.5. The molecule has 0 aromatic carbocycles. The van der Waals surface area contributed by atoms with Crippen LogP contribution in [0.3, 0.4) is 0 Å². The molecule has 99 heavy (non-hydrogen) atoms. The fourth-order valence-corrected chi connectivity index (χ4v) is 752. The van der Waals surface area contributed by atoms with E-state index >= 15 is 0 Å². The van der Waals surface area contributed by atoms with E-state index in [2.05, 4.69) is 0 Å². The van der Waals surface area contributed by atoms with Crippen molar-refractivity contribution in [1.29, 1.82) is 0 Å². The fourth-order valence-electron chi connectivity index (χ4n) is 3.10. The summed E-state index contributed by atoms with van der Waals surface area (Å²) < 4.78 is 0. The molecule has 0 rings (SSSR count). The Morgan fingerprint density at radius 2 is 0.121 bits per heavy atom. The average Bonchev–Trinajstić information content (AvgIpc) is 3.38. The van der Waals surface area contributed by atoms with Gasteiger partial charge in [-0.15, -0.1) is 0 Å². The van der Waals surface area contributed by atoms with Gasteiger partial charge in [-0.05, 0) is 649 Å². The van der Waals surface area contributed by atoms with Crippen molar-refractivity contribution in [3.8, 4) is 0 Å². The molecule has 0 radical (unpaired) electrons. The van der Waals surface area contributed by atoms with Gasteiger partial charge in [-0.3, -0.25) is 14.1 Å². The Kier molecular flexibility index (Phi) is 49.9. The van der Waals surface area contributed by atoms with E-state index in [1.165, 1.54) is 0 Å². The van der Waals surface area contributed by atoms with Crippen molar-refractivity contribution in [2.75, 3.05) is 0 Å². The summed E-state index contributed by atoms with van der Waals surface area (Å²) in [6, 6.07) is 0. The smallest absolute Gasteiger partial charge is 0.0451 e. The van der Waals surface area contributed by atoms with Crippen LogP contribution in [0.1, 0.15) is 0 Å². The van der Waals surface area contributed by atoms with E-state index in [0.29, 0.717) is 0 Å². The largest absolute Gasteiger partial charge is 0.271 e. The molecule has 0 unspecified atom stereocenters. The molecule has 0 saturated heterocycles. The highest BCUT2D eigenvalue weighted by Crippen LogP contribution is 2.47. The van der Waals surface area contributed by atoms with E-state index < -0.39 is 176 Å². The highest BCUT2D eigenvalue weighted by molar-refractivity contribution is 9.83. The minimum atomic E-state index is -4.21. The SMILES string of the molecule is S=[S-](=S)S(=S)(=S)S(=S)(=S)S(=S)(=S)S(=S)(=S)S(=S)(=S)S(=S)(=S)S(=S)(=S)S(=S)(=S)S(=S)(=S)S(=S)(=S)S(=S)(=S)S(=S)(=S)S(=S)(=S)S(=S)(=S)S(=S)(=S)S(=S)(=S)S(=S)(=S)S(=S)(=S)S(=S)(=S)S(=S)(=S)S(=S)(=S)S(=S)(=S)S(=S)(=S)S(=S)(=S)S(=S)(=S)S(=S)(=S)S(=S)(=S)S(=S)(=S)S(=S)(=S)S(=S)(=S)S(=S)(=S)[S-](=S)=S. The van der Waals surface area contributed by atoms with Crippen LogP contribution >= 0.6 is 0 Å². The third-order valence-corrected chi connectivity index (χ3v) is 634. The first-order chi connectivity index (χ1) is 41.4. The summed E-state index contributed by atoms with van der Waals surface area (Å²) in [5.41, 5.74) is 0. The zero-order valence-electron chi connectivity index (χ0n) is 40.4. The molecule has 0 aliphatic heterocycles. The maximum absolute atomic E-state index is 6.23. The Morgan fingerprint density at radius 1 is 0.0808 bits per heavy atom. The van der Waals surface area contributed by atoms with Crippen LogP contribution in [-0.4, -0.2) is 0 Å². The van der Waals surface area contributed by atoms with Crippen LogP contribution in [-0.2, 0) is 914 Å². The first-order valence-electron chi connectivity index (χ1n) is 16.3. The van der Waals surface area contributed by atoms with E-state index in [0.717, 1.165) is 0 Å². The molecular weight excluding hydrogens is 3170 g/mol. The maximum Gasteiger partial charge on any atom is 0.0451 e. The number of hydrogen-bond acceptors (Lipinski definition) is 68. The van der Waals surface area contributed by atoms with Gasteiger partial charge in [0.1, 0.15) is 0 Å². The van der Waals surface area contributed by atoms with Gasteiger partial charge in [-0.2, -0.15) is 0 Å². The van der Waals surface area contributed by atoms with Crippen LogP contribution in [0, 0.1) is 0 Å². The Labute approximate surface area is 885 Å². The van der Waals surface area contributed by atoms with Crippen LogP contribution in [0.15, 0.2) is 0 Å². The van der Waals surface area contributed by atoms with Crippen LogP contribution in [0.4, 0.5) is 0 Å². The molecule has 0 heterocycles. The lowest BCUT2D eigenvalue weighted by Crippen LogP contribution is -2.41. The summed E-state index contributed by atoms with van der Waals surface area (Å²) in [5, 5.41) is -123. The molecule has 0 aromatic rings. The average molecular weight is 3170 g/mol. The lowest BCUT2D eigenvalue weighted by molar-refractivity contribution is 4.96. The third kappa shape index (κ3) is 19.5. The van der Waals surface area contributed by atoms with Gasteiger partial charge in [0.2, 0.25) is 0 Å². The predicted molar refractivity (Wildman–Crippen MR) is 729 cm³/mol. The molecule has 99 heteroatoms. The predicted octanol–water partition coefficient (Wildman–Crippen LogP) is -0.238. The van der Waals surface area contributed by atoms with Crippen molar-refractivity contribution in [3.63, 3.8) is 0 Å². The van der Waals surface area contributed by atoms with Gasteiger partial charge in [0.15, 0.2) is 0 Å². The third-order valence-electron chi connectivity index (χ3n) is 7.83. The zero-order valence-corrected chi connectivity index (χ0v) is 121. The molecule has 0 aliphatic rings. The first kappa shape index (κ1) is 125. The monoisotopic (exact) mass is 3170 g/mol. The van der Waals surface area contributed by atoms with Gasteiger partial charge in [0, 0.05) is 151 Å². The van der Waals surface area contributed by atoms with E-state index in [1.807, 2.05) is 0 Å². The summed E-state index contributed by atoms with van der Waals surface area (Å²) in [5.74, 6) is 0. The highest BCUT2D eigenvalue weighted by atomic mass is 34.5. The van der Waals surface area contributed by atoms with E-state index in [9.17, 15) is 0 Å². The lowest BCUT2D eigenvalue weighted by atomic mass is 29.7. The molecule has 0 saturated carbocycles. The second-order valence-corrected chi connectivity index (χ2v) is 353. The molecule has 0 fully saturated rings. The molecule has 0 aliphatic carbocycles. The van der Waals surface area contributed by atoms with Crippen molar-refractivity contribution in [3.05, 3.63) is 0 Å². The van der Waals surface area contributed by atoms with Crippen molar-refractivity contribution in [2.24, 2.45) is 0 Å². The first-order valence-corrected chi connectivity index (χ1v) is 147. The highest BCUT2D eigenvalue weighted by Gasteiger charge is 2.50. The summed E-state index contributed by atoms with van der Waals surface area (Å²) in [4.78, 5) is 0. The van der Waals surface area contributed by atoms with Crippen LogP contribution in [0.2, 0.25) is 0 Å². The van der Waals surface area contributed by atoms with Gasteiger partial charge in [0.05, 0.1) is 0 Å². The Bertz CT molecular complexity index is 7330. The molecule has 0 bridgehead atoms. The van der Waals surface area contributed by atoms with Crippen molar-refractivity contribution in [1.82, 2.24) is 0 Å². The van der Waals surface area contributed by atoms with Crippen LogP contribution < -0.4 is 0 Å². The van der Waals surface area contributed by atoms with Crippen molar-refractivity contribution >= 4 is 914 Å². The molecule has 0 spiro atoms.